The molecule has 7 heteroatoms. The lowest BCUT2D eigenvalue weighted by atomic mass is 9.97. The van der Waals surface area contributed by atoms with Crippen molar-refractivity contribution in [2.45, 2.75) is 38.4 Å². The summed E-state index contributed by atoms with van der Waals surface area (Å²) < 4.78 is 27.3. The van der Waals surface area contributed by atoms with Crippen LogP contribution in [0.5, 0.6) is 0 Å². The first-order valence-electron chi connectivity index (χ1n) is 9.89. The molecule has 1 atom stereocenters. The van der Waals surface area contributed by atoms with E-state index < -0.39 is 10.0 Å². The maximum Gasteiger partial charge on any atom is 0.228 e. The Morgan fingerprint density at radius 2 is 1.86 bits per heavy atom. The van der Waals surface area contributed by atoms with Gasteiger partial charge in [-0.2, -0.15) is 0 Å². The molecule has 29 heavy (non-hydrogen) atoms. The van der Waals surface area contributed by atoms with Crippen molar-refractivity contribution in [2.75, 3.05) is 18.4 Å². The number of amides is 1. The van der Waals surface area contributed by atoms with Gasteiger partial charge in [-0.15, -0.1) is 0 Å². The molecular weight excluding hydrogens is 408 g/mol. The van der Waals surface area contributed by atoms with E-state index in [1.165, 1.54) is 4.31 Å². The molecular formula is C22H27ClN2O3S. The molecule has 3 rings (SSSR count). The molecule has 0 aromatic heterocycles. The Morgan fingerprint density at radius 1 is 1.17 bits per heavy atom. The zero-order valence-corrected chi connectivity index (χ0v) is 18.3. The van der Waals surface area contributed by atoms with E-state index in [1.807, 2.05) is 24.3 Å². The fourth-order valence-electron chi connectivity index (χ4n) is 3.66. The second-order valence-electron chi connectivity index (χ2n) is 7.78. The normalized spacial score (nSPS) is 18.0. The summed E-state index contributed by atoms with van der Waals surface area (Å²) in [5, 5.41) is 3.45. The van der Waals surface area contributed by atoms with Gasteiger partial charge in [0.2, 0.25) is 15.9 Å². The van der Waals surface area contributed by atoms with E-state index in [1.54, 1.807) is 24.3 Å². The number of piperidine rings is 1. The lowest BCUT2D eigenvalue weighted by Gasteiger charge is -2.31. The highest BCUT2D eigenvalue weighted by molar-refractivity contribution is 7.88. The van der Waals surface area contributed by atoms with Crippen molar-refractivity contribution in [1.82, 2.24) is 4.31 Å². The average molecular weight is 435 g/mol. The van der Waals surface area contributed by atoms with Crippen LogP contribution in [0.25, 0.3) is 0 Å². The Morgan fingerprint density at radius 3 is 2.59 bits per heavy atom. The highest BCUT2D eigenvalue weighted by Crippen LogP contribution is 2.27. The van der Waals surface area contributed by atoms with Crippen LogP contribution in [0, 0.1) is 5.92 Å². The Labute approximate surface area is 178 Å². The highest BCUT2D eigenvalue weighted by atomic mass is 35.5. The van der Waals surface area contributed by atoms with E-state index in [0.29, 0.717) is 30.0 Å². The summed E-state index contributed by atoms with van der Waals surface area (Å²) in [6, 6.07) is 14.7. The van der Waals surface area contributed by atoms with E-state index in [-0.39, 0.29) is 30.0 Å². The first kappa shape index (κ1) is 21.8. The second kappa shape index (κ2) is 9.28. The van der Waals surface area contributed by atoms with Gasteiger partial charge in [-0.05, 0) is 42.0 Å². The molecule has 0 radical (unpaired) electrons. The quantitative estimate of drug-likeness (QED) is 0.719. The lowest BCUT2D eigenvalue weighted by molar-refractivity contribution is -0.120. The summed E-state index contributed by atoms with van der Waals surface area (Å²) in [6.45, 7) is 4.78. The molecule has 0 saturated carbocycles. The Balaban J connectivity index is 1.70. The van der Waals surface area contributed by atoms with E-state index in [2.05, 4.69) is 19.2 Å². The average Bonchev–Trinajstić information content (AvgIpc) is 2.70. The number of nitrogens with zero attached hydrogens (tertiary/aromatic N) is 1. The topological polar surface area (TPSA) is 66.5 Å². The number of halogens is 1. The minimum atomic E-state index is -3.55. The van der Waals surface area contributed by atoms with Crippen molar-refractivity contribution >= 4 is 33.2 Å². The van der Waals surface area contributed by atoms with Crippen LogP contribution in [-0.4, -0.2) is 31.7 Å². The molecule has 1 aliphatic heterocycles. The molecule has 1 fully saturated rings. The fourth-order valence-corrected chi connectivity index (χ4v) is 5.58. The molecule has 2 aromatic carbocycles. The molecule has 1 saturated heterocycles. The van der Waals surface area contributed by atoms with E-state index in [0.717, 1.165) is 11.3 Å². The van der Waals surface area contributed by atoms with Gasteiger partial charge >= 0.3 is 0 Å². The molecule has 0 aliphatic carbocycles. The maximum absolute atomic E-state index is 12.9. The smallest absolute Gasteiger partial charge is 0.228 e. The van der Waals surface area contributed by atoms with Crippen LogP contribution in [0.3, 0.4) is 0 Å². The number of hydrogen-bond donors (Lipinski definition) is 1. The Kier molecular flexibility index (Phi) is 6.98. The van der Waals surface area contributed by atoms with Gasteiger partial charge in [0.05, 0.1) is 11.7 Å². The first-order valence-corrected chi connectivity index (χ1v) is 11.9. The summed E-state index contributed by atoms with van der Waals surface area (Å²) in [4.78, 5) is 12.9. The summed E-state index contributed by atoms with van der Waals surface area (Å²) >= 11 is 6.13. The van der Waals surface area contributed by atoms with Crippen LogP contribution >= 0.6 is 11.6 Å². The fraction of sp³-hybridized carbons (Fsp3) is 0.409. The standard InChI is InChI=1S/C22H27ClN2O3S/c1-16(2)19-10-4-6-12-21(19)24-22(26)17-9-7-13-25(14-17)29(27,28)15-18-8-3-5-11-20(18)23/h3-6,8,10-12,16-17H,7,9,13-15H2,1-2H3,(H,24,26)/t17-/m0/s1. The first-order chi connectivity index (χ1) is 13.8. The van der Waals surface area contributed by atoms with Gasteiger partial charge in [-0.3, -0.25) is 4.79 Å². The van der Waals surface area contributed by atoms with Crippen molar-refractivity contribution in [2.24, 2.45) is 5.92 Å². The summed E-state index contributed by atoms with van der Waals surface area (Å²) in [6.07, 6.45) is 1.33. The van der Waals surface area contributed by atoms with Gasteiger partial charge in [0.25, 0.3) is 0 Å². The van der Waals surface area contributed by atoms with Gasteiger partial charge in [0, 0.05) is 23.8 Å². The molecule has 1 N–H and O–H groups in total. The van der Waals surface area contributed by atoms with Crippen LogP contribution in [0.15, 0.2) is 48.5 Å². The number of benzene rings is 2. The third-order valence-corrected chi connectivity index (χ3v) is 7.45. The van der Waals surface area contributed by atoms with Crippen molar-refractivity contribution in [3.63, 3.8) is 0 Å². The third-order valence-electron chi connectivity index (χ3n) is 5.28. The van der Waals surface area contributed by atoms with E-state index in [9.17, 15) is 13.2 Å². The van der Waals surface area contributed by atoms with E-state index >= 15 is 0 Å². The van der Waals surface area contributed by atoms with Gasteiger partial charge in [0.1, 0.15) is 0 Å². The summed E-state index contributed by atoms with van der Waals surface area (Å²) in [5.74, 6) is -0.372. The van der Waals surface area contributed by atoms with Gasteiger partial charge in [0.15, 0.2) is 0 Å². The van der Waals surface area contributed by atoms with Gasteiger partial charge in [-0.1, -0.05) is 61.8 Å². The minimum absolute atomic E-state index is 0.129. The largest absolute Gasteiger partial charge is 0.326 e. The Bertz CT molecular complexity index is 976. The number of hydrogen-bond acceptors (Lipinski definition) is 3. The van der Waals surface area contributed by atoms with Crippen LogP contribution in [0.1, 0.15) is 43.7 Å². The molecule has 1 heterocycles. The van der Waals surface area contributed by atoms with Crippen LogP contribution in [-0.2, 0) is 20.6 Å². The molecule has 156 valence electrons. The van der Waals surface area contributed by atoms with Crippen LogP contribution < -0.4 is 5.32 Å². The van der Waals surface area contributed by atoms with Gasteiger partial charge < -0.3 is 5.32 Å². The zero-order chi connectivity index (χ0) is 21.0. The van der Waals surface area contributed by atoms with E-state index in [4.69, 9.17) is 11.6 Å². The molecule has 0 unspecified atom stereocenters. The molecule has 0 spiro atoms. The van der Waals surface area contributed by atoms with Crippen molar-refractivity contribution in [1.29, 1.82) is 0 Å². The summed E-state index contributed by atoms with van der Waals surface area (Å²) in [7, 11) is -3.55. The molecule has 5 nitrogen and oxygen atoms in total. The predicted molar refractivity (Wildman–Crippen MR) is 118 cm³/mol. The number of carbonyl (C=O) groups excluding carboxylic acids is 1. The number of rotatable bonds is 6. The second-order valence-corrected chi connectivity index (χ2v) is 10.2. The number of nitrogens with one attached hydrogen (secondary N) is 1. The minimum Gasteiger partial charge on any atom is -0.326 e. The number of anilines is 1. The van der Waals surface area contributed by atoms with Crippen molar-refractivity contribution < 1.29 is 13.2 Å². The zero-order valence-electron chi connectivity index (χ0n) is 16.8. The SMILES string of the molecule is CC(C)c1ccccc1NC(=O)[C@H]1CCCN(S(=O)(=O)Cc2ccccc2Cl)C1. The monoisotopic (exact) mass is 434 g/mol. The summed E-state index contributed by atoms with van der Waals surface area (Å²) in [5.41, 5.74) is 2.44. The predicted octanol–water partition coefficient (Wildman–Crippen LogP) is 4.64. The molecule has 0 bridgehead atoms. The Hall–Kier alpha value is -1.89. The van der Waals surface area contributed by atoms with Crippen molar-refractivity contribution in [3.8, 4) is 0 Å². The van der Waals surface area contributed by atoms with Crippen molar-refractivity contribution in [3.05, 3.63) is 64.7 Å². The number of para-hydroxylation sites is 1. The maximum atomic E-state index is 12.9. The molecule has 1 amide bonds. The van der Waals surface area contributed by atoms with Crippen LogP contribution in [0.4, 0.5) is 5.69 Å². The highest BCUT2D eigenvalue weighted by Gasteiger charge is 2.33. The number of carbonyl (C=O) groups is 1. The molecule has 1 aliphatic rings. The van der Waals surface area contributed by atoms with Crippen LogP contribution in [0.2, 0.25) is 5.02 Å². The molecule has 2 aromatic rings. The number of sulfonamides is 1. The third kappa shape index (κ3) is 5.38. The lowest BCUT2D eigenvalue weighted by Crippen LogP contribution is -2.44. The van der Waals surface area contributed by atoms with Gasteiger partial charge in [-0.25, -0.2) is 12.7 Å².